The fourth-order valence-electron chi connectivity index (χ4n) is 5.44. The molecule has 5 rings (SSSR count). The number of likely N-dealkylation sites (tertiary alicyclic amines) is 1. The van der Waals surface area contributed by atoms with Gasteiger partial charge in [-0.25, -0.2) is 4.39 Å². The summed E-state index contributed by atoms with van der Waals surface area (Å²) in [5.41, 5.74) is -0.755. The average molecular weight is 479 g/mol. The number of amides is 2. The van der Waals surface area contributed by atoms with E-state index in [1.807, 2.05) is 6.92 Å². The Bertz CT molecular complexity index is 1270. The van der Waals surface area contributed by atoms with E-state index in [-0.39, 0.29) is 23.8 Å². The number of Topliss-reactive ketones (excluding diaryl/α,β-unsaturated/α-hetero) is 1. The zero-order valence-electron chi connectivity index (χ0n) is 19.7. The van der Waals surface area contributed by atoms with Crippen LogP contribution < -0.4 is 4.90 Å². The van der Waals surface area contributed by atoms with Crippen molar-refractivity contribution in [2.45, 2.75) is 44.8 Å². The number of ether oxygens (including phenoxy) is 1. The van der Waals surface area contributed by atoms with Gasteiger partial charge in [-0.1, -0.05) is 37.3 Å². The van der Waals surface area contributed by atoms with Gasteiger partial charge in [-0.15, -0.1) is 0 Å². The lowest BCUT2D eigenvalue weighted by Crippen LogP contribution is -2.53. The molecule has 35 heavy (non-hydrogen) atoms. The molecule has 1 spiro atoms. The van der Waals surface area contributed by atoms with Crippen molar-refractivity contribution in [3.63, 3.8) is 0 Å². The van der Waals surface area contributed by atoms with Crippen LogP contribution >= 0.6 is 0 Å². The molecule has 8 heteroatoms. The fraction of sp³-hybridized carbons (Fsp3) is 0.370. The number of hydrogen-bond acceptors (Lipinski definition) is 5. The van der Waals surface area contributed by atoms with E-state index in [1.165, 1.54) is 17.0 Å². The molecule has 2 aromatic carbocycles. The molecule has 0 radical (unpaired) electrons. The maximum Gasteiger partial charge on any atom is 0.296 e. The van der Waals surface area contributed by atoms with Crippen LogP contribution in [0.2, 0.25) is 0 Å². The largest absolute Gasteiger partial charge is 0.507 e. The number of aliphatic hydroxyl groups is 1. The number of carbonyl (C=O) groups excluding carboxylic acids is 3. The molecule has 3 heterocycles. The fourth-order valence-corrected chi connectivity index (χ4v) is 5.44. The van der Waals surface area contributed by atoms with Gasteiger partial charge in [-0.3, -0.25) is 14.4 Å². The monoisotopic (exact) mass is 478 g/mol. The molecule has 2 aromatic rings. The lowest BCUT2D eigenvalue weighted by Gasteiger charge is -2.35. The van der Waals surface area contributed by atoms with Crippen molar-refractivity contribution < 1.29 is 28.6 Å². The van der Waals surface area contributed by atoms with Gasteiger partial charge in [-0.2, -0.15) is 0 Å². The van der Waals surface area contributed by atoms with Gasteiger partial charge in [0.15, 0.2) is 5.54 Å². The Hall–Kier alpha value is -3.52. The lowest BCUT2D eigenvalue weighted by molar-refractivity contribution is -0.145. The van der Waals surface area contributed by atoms with Crippen molar-refractivity contribution in [3.05, 3.63) is 70.5 Å². The zero-order chi connectivity index (χ0) is 24.9. The van der Waals surface area contributed by atoms with Gasteiger partial charge >= 0.3 is 0 Å². The van der Waals surface area contributed by atoms with E-state index in [0.717, 1.165) is 12.5 Å². The Balaban J connectivity index is 1.80. The quantitative estimate of drug-likeness (QED) is 0.403. The van der Waals surface area contributed by atoms with Crippen molar-refractivity contribution >= 4 is 29.0 Å². The number of aryl methyl sites for hydroxylation is 1. The first-order valence-corrected chi connectivity index (χ1v) is 11.9. The smallest absolute Gasteiger partial charge is 0.296 e. The maximum absolute atomic E-state index is 14.4. The standard InChI is InChI=1S/C27H27FN2O5/c1-3-12-29-21-9-5-4-8-19(21)27(26(29)34)22(23(31)17-11-10-16(2)20(28)14-17)24(32)25(33)30(27)15-18-7-6-13-35-18/h4-5,8-11,14,18,31H,3,6-7,12-13,15H2,1-2H3/b23-22+. The normalized spacial score (nSPS) is 25.2. The van der Waals surface area contributed by atoms with E-state index in [2.05, 4.69) is 0 Å². The summed E-state index contributed by atoms with van der Waals surface area (Å²) in [7, 11) is 0. The van der Waals surface area contributed by atoms with Crippen molar-refractivity contribution in [1.82, 2.24) is 4.90 Å². The van der Waals surface area contributed by atoms with Crippen LogP contribution in [-0.2, 0) is 24.7 Å². The van der Waals surface area contributed by atoms with Gasteiger partial charge in [-0.05, 0) is 43.9 Å². The number of benzene rings is 2. The van der Waals surface area contributed by atoms with Crippen LogP contribution in [0.15, 0.2) is 48.0 Å². The third kappa shape index (κ3) is 3.31. The number of rotatable bonds is 5. The molecule has 0 aliphatic carbocycles. The summed E-state index contributed by atoms with van der Waals surface area (Å²) in [6.45, 7) is 4.46. The molecule has 0 saturated carbocycles. The number of fused-ring (bicyclic) bond motifs is 2. The van der Waals surface area contributed by atoms with Crippen LogP contribution in [0.5, 0.6) is 0 Å². The summed E-state index contributed by atoms with van der Waals surface area (Å²) < 4.78 is 20.2. The number of carbonyl (C=O) groups is 3. The van der Waals surface area contributed by atoms with Crippen LogP contribution in [-0.4, -0.2) is 53.4 Å². The first-order chi connectivity index (χ1) is 16.8. The molecule has 0 aromatic heterocycles. The number of para-hydroxylation sites is 1. The molecule has 2 atom stereocenters. The summed E-state index contributed by atoms with van der Waals surface area (Å²) in [5.74, 6) is -3.47. The second-order valence-electron chi connectivity index (χ2n) is 9.25. The van der Waals surface area contributed by atoms with Crippen molar-refractivity contribution in [2.24, 2.45) is 0 Å². The maximum atomic E-state index is 14.4. The van der Waals surface area contributed by atoms with Crippen LogP contribution in [0, 0.1) is 12.7 Å². The minimum atomic E-state index is -1.85. The predicted octanol–water partition coefficient (Wildman–Crippen LogP) is 3.65. The van der Waals surface area contributed by atoms with E-state index in [0.29, 0.717) is 42.8 Å². The SMILES string of the molecule is CCCN1C(=O)C2(/C(=C(/O)c3ccc(C)c(F)c3)C(=O)C(=O)N2CC2CCCO2)c2ccccc21. The number of aliphatic hydroxyl groups excluding tert-OH is 1. The predicted molar refractivity (Wildman–Crippen MR) is 127 cm³/mol. The van der Waals surface area contributed by atoms with Crippen molar-refractivity contribution in [1.29, 1.82) is 0 Å². The van der Waals surface area contributed by atoms with Gasteiger partial charge in [0, 0.05) is 30.8 Å². The van der Waals surface area contributed by atoms with Gasteiger partial charge in [0.25, 0.3) is 17.6 Å². The minimum absolute atomic E-state index is 0.0295. The summed E-state index contributed by atoms with van der Waals surface area (Å²) in [6, 6.07) is 11.1. The number of halogens is 1. The second kappa shape index (κ2) is 8.61. The van der Waals surface area contributed by atoms with Crippen molar-refractivity contribution in [2.75, 3.05) is 24.6 Å². The highest BCUT2D eigenvalue weighted by Crippen LogP contribution is 2.53. The first kappa shape index (κ1) is 23.2. The number of hydrogen-bond donors (Lipinski definition) is 1. The molecule has 3 aliphatic rings. The molecule has 2 fully saturated rings. The number of anilines is 1. The number of nitrogens with zero attached hydrogens (tertiary/aromatic N) is 2. The summed E-state index contributed by atoms with van der Waals surface area (Å²) in [6.07, 6.45) is 1.83. The highest BCUT2D eigenvalue weighted by Gasteiger charge is 2.67. The highest BCUT2D eigenvalue weighted by molar-refractivity contribution is 6.50. The summed E-state index contributed by atoms with van der Waals surface area (Å²) in [5, 5.41) is 11.4. The van der Waals surface area contributed by atoms with Gasteiger partial charge in [0.05, 0.1) is 17.4 Å². The van der Waals surface area contributed by atoms with E-state index in [4.69, 9.17) is 4.74 Å². The topological polar surface area (TPSA) is 87.2 Å². The van der Waals surface area contributed by atoms with Crippen LogP contribution in [0.1, 0.15) is 42.9 Å². The average Bonchev–Trinajstić information content (AvgIpc) is 3.51. The van der Waals surface area contributed by atoms with Gasteiger partial charge < -0.3 is 19.6 Å². The molecule has 2 unspecified atom stereocenters. The first-order valence-electron chi connectivity index (χ1n) is 11.9. The number of ketones is 1. The van der Waals surface area contributed by atoms with E-state index < -0.39 is 34.7 Å². The molecular weight excluding hydrogens is 451 g/mol. The Morgan fingerprint density at radius 1 is 1.20 bits per heavy atom. The molecule has 3 aliphatic heterocycles. The Labute approximate surface area is 202 Å². The second-order valence-corrected chi connectivity index (χ2v) is 9.25. The minimum Gasteiger partial charge on any atom is -0.507 e. The Morgan fingerprint density at radius 3 is 2.66 bits per heavy atom. The molecule has 2 amide bonds. The van der Waals surface area contributed by atoms with E-state index in [1.54, 1.807) is 36.1 Å². The zero-order valence-corrected chi connectivity index (χ0v) is 19.7. The molecule has 2 saturated heterocycles. The third-order valence-electron chi connectivity index (χ3n) is 7.11. The van der Waals surface area contributed by atoms with E-state index >= 15 is 0 Å². The summed E-state index contributed by atoms with van der Waals surface area (Å²) in [4.78, 5) is 44.1. The molecule has 1 N–H and O–H groups in total. The van der Waals surface area contributed by atoms with Crippen LogP contribution in [0.4, 0.5) is 10.1 Å². The van der Waals surface area contributed by atoms with Crippen molar-refractivity contribution in [3.8, 4) is 0 Å². The van der Waals surface area contributed by atoms with Crippen LogP contribution in [0.3, 0.4) is 0 Å². The molecule has 182 valence electrons. The Kier molecular flexibility index (Phi) is 5.71. The van der Waals surface area contributed by atoms with Gasteiger partial charge in [0.2, 0.25) is 0 Å². The third-order valence-corrected chi connectivity index (χ3v) is 7.11. The summed E-state index contributed by atoms with van der Waals surface area (Å²) >= 11 is 0. The molecular formula is C27H27FN2O5. The highest BCUT2D eigenvalue weighted by atomic mass is 19.1. The van der Waals surface area contributed by atoms with Crippen LogP contribution in [0.25, 0.3) is 5.76 Å². The Morgan fingerprint density at radius 2 is 1.97 bits per heavy atom. The lowest BCUT2D eigenvalue weighted by atomic mass is 9.81. The molecule has 0 bridgehead atoms. The van der Waals surface area contributed by atoms with Gasteiger partial charge in [0.1, 0.15) is 11.6 Å². The van der Waals surface area contributed by atoms with E-state index in [9.17, 15) is 23.9 Å². The molecule has 7 nitrogen and oxygen atoms in total.